The summed E-state index contributed by atoms with van der Waals surface area (Å²) in [6.45, 7) is 6.70. The minimum Gasteiger partial charge on any atom is -0.456 e. The monoisotopic (exact) mass is 765 g/mol. The Hall–Kier alpha value is -5.92. The van der Waals surface area contributed by atoms with Crippen LogP contribution in [0.4, 0.5) is 10.1 Å². The molecule has 1 aliphatic heterocycles. The lowest BCUT2D eigenvalue weighted by Gasteiger charge is -2.37. The fourth-order valence-electron chi connectivity index (χ4n) is 6.27. The molecule has 0 radical (unpaired) electrons. The summed E-state index contributed by atoms with van der Waals surface area (Å²) in [5.41, 5.74) is 3.61. The molecule has 1 aromatic heterocycles. The molecular formula is C41H41ClFN7O5. The van der Waals surface area contributed by atoms with Gasteiger partial charge in [0.05, 0.1) is 16.8 Å². The molecule has 0 bridgehead atoms. The molecule has 12 nitrogen and oxygen atoms in total. The van der Waals surface area contributed by atoms with E-state index in [0.717, 1.165) is 21.4 Å². The van der Waals surface area contributed by atoms with E-state index in [-0.39, 0.29) is 28.9 Å². The zero-order valence-electron chi connectivity index (χ0n) is 31.1. The number of esters is 1. The Morgan fingerprint density at radius 3 is 2.33 bits per heavy atom. The molecule has 0 unspecified atom stereocenters. The van der Waals surface area contributed by atoms with Crippen LogP contribution in [0.2, 0.25) is 5.02 Å². The van der Waals surface area contributed by atoms with Gasteiger partial charge >= 0.3 is 5.97 Å². The maximum atomic E-state index is 14.8. The van der Waals surface area contributed by atoms with E-state index in [1.165, 1.54) is 23.2 Å². The Balaban J connectivity index is 1.32. The molecule has 0 aliphatic carbocycles. The first-order valence-electron chi connectivity index (χ1n) is 17.7. The van der Waals surface area contributed by atoms with Gasteiger partial charge in [0.25, 0.3) is 17.7 Å². The van der Waals surface area contributed by atoms with Crippen molar-refractivity contribution in [2.75, 3.05) is 39.0 Å². The van der Waals surface area contributed by atoms with Crippen molar-refractivity contribution < 1.29 is 28.3 Å². The largest absolute Gasteiger partial charge is 0.456 e. The number of ether oxygens (including phenoxy) is 1. The zero-order valence-corrected chi connectivity index (χ0v) is 31.9. The highest BCUT2D eigenvalue weighted by Gasteiger charge is 2.38. The minimum atomic E-state index is -1.11. The van der Waals surface area contributed by atoms with Crippen LogP contribution in [0.25, 0.3) is 16.8 Å². The Morgan fingerprint density at radius 2 is 1.64 bits per heavy atom. The van der Waals surface area contributed by atoms with Crippen molar-refractivity contribution in [3.63, 3.8) is 0 Å². The third-order valence-corrected chi connectivity index (χ3v) is 9.20. The van der Waals surface area contributed by atoms with Gasteiger partial charge in [-0.2, -0.15) is 0 Å². The molecule has 284 valence electrons. The number of aromatic nitrogens is 3. The Kier molecular flexibility index (Phi) is 11.4. The van der Waals surface area contributed by atoms with Crippen LogP contribution in [0.5, 0.6) is 0 Å². The highest BCUT2D eigenvalue weighted by molar-refractivity contribution is 6.30. The van der Waals surface area contributed by atoms with Gasteiger partial charge in [0.2, 0.25) is 0 Å². The van der Waals surface area contributed by atoms with Crippen LogP contribution in [0.1, 0.15) is 69.1 Å². The molecular weight excluding hydrogens is 725 g/mol. The van der Waals surface area contributed by atoms with Crippen molar-refractivity contribution in [2.45, 2.75) is 38.8 Å². The molecule has 3 amide bonds. The molecule has 14 heteroatoms. The molecule has 6 rings (SSSR count). The number of nitrogens with one attached hydrogen (secondary N) is 2. The highest BCUT2D eigenvalue weighted by Crippen LogP contribution is 2.38. The first kappa shape index (κ1) is 38.8. The lowest BCUT2D eigenvalue weighted by Crippen LogP contribution is -2.45. The molecule has 5 aromatic rings. The van der Waals surface area contributed by atoms with Crippen LogP contribution >= 0.6 is 11.6 Å². The molecule has 0 fully saturated rings. The van der Waals surface area contributed by atoms with E-state index in [1.807, 2.05) is 43.3 Å². The number of benzene rings is 4. The van der Waals surface area contributed by atoms with Gasteiger partial charge in [-0.25, -0.2) is 13.9 Å². The van der Waals surface area contributed by atoms with Gasteiger partial charge in [-0.05, 0) is 112 Å². The third kappa shape index (κ3) is 8.90. The average molecular weight is 766 g/mol. The summed E-state index contributed by atoms with van der Waals surface area (Å²) in [5.74, 6) is -2.49. The molecule has 0 spiro atoms. The summed E-state index contributed by atoms with van der Waals surface area (Å²) in [7, 11) is 3.87. The average Bonchev–Trinajstić information content (AvgIpc) is 3.64. The van der Waals surface area contributed by atoms with Gasteiger partial charge in [0.15, 0.2) is 11.5 Å². The zero-order chi connectivity index (χ0) is 39.4. The van der Waals surface area contributed by atoms with Gasteiger partial charge in [0.1, 0.15) is 17.3 Å². The van der Waals surface area contributed by atoms with Crippen molar-refractivity contribution in [2.24, 2.45) is 0 Å². The van der Waals surface area contributed by atoms with Crippen molar-refractivity contribution in [1.82, 2.24) is 30.1 Å². The minimum absolute atomic E-state index is 0.00821. The third-order valence-electron chi connectivity index (χ3n) is 8.91. The molecule has 1 aliphatic rings. The number of carbonyl (C=O) groups is 4. The molecule has 2 N–H and O–H groups in total. The standard InChI is InChI=1S/C41H41ClFN7O5/c1-41(2,3)55-40(54)27-16-18-28(19-17-27)45-38(52)36-31-9-6-8-29(25-12-14-26(15-13-25)37(51)44-21-23-48(4)5)30(31)20-22-49(36)39(53)33-24-50(47-46-33)34-11-7-10-32(42)35(34)43/h6-19,24,36H,20-23H2,1-5H3,(H,44,51)(H,45,52)/t36-/m0/s1. The topological polar surface area (TPSA) is 139 Å². The quantitative estimate of drug-likeness (QED) is 0.157. The predicted octanol–water partition coefficient (Wildman–Crippen LogP) is 6.35. The van der Waals surface area contributed by atoms with Crippen molar-refractivity contribution in [1.29, 1.82) is 0 Å². The van der Waals surface area contributed by atoms with E-state index in [1.54, 1.807) is 69.3 Å². The number of nitrogens with zero attached hydrogens (tertiary/aromatic N) is 5. The van der Waals surface area contributed by atoms with Crippen LogP contribution in [0.3, 0.4) is 0 Å². The molecule has 1 atom stereocenters. The Labute approximate surface area is 323 Å². The number of amides is 3. The number of hydrogen-bond donors (Lipinski definition) is 2. The van der Waals surface area contributed by atoms with Crippen LogP contribution < -0.4 is 10.6 Å². The van der Waals surface area contributed by atoms with E-state index in [2.05, 4.69) is 20.9 Å². The van der Waals surface area contributed by atoms with E-state index in [0.29, 0.717) is 41.9 Å². The van der Waals surface area contributed by atoms with Crippen LogP contribution in [0, 0.1) is 5.82 Å². The summed E-state index contributed by atoms with van der Waals surface area (Å²) in [5, 5.41) is 13.7. The summed E-state index contributed by atoms with van der Waals surface area (Å²) in [4.78, 5) is 57.3. The van der Waals surface area contributed by atoms with Gasteiger partial charge in [-0.1, -0.05) is 53.2 Å². The number of fused-ring (bicyclic) bond motifs is 1. The van der Waals surface area contributed by atoms with Crippen LogP contribution in [-0.2, 0) is 16.0 Å². The number of hydrogen-bond acceptors (Lipinski definition) is 8. The van der Waals surface area contributed by atoms with Crippen LogP contribution in [-0.4, -0.2) is 87.8 Å². The predicted molar refractivity (Wildman–Crippen MR) is 207 cm³/mol. The fourth-order valence-corrected chi connectivity index (χ4v) is 6.44. The first-order chi connectivity index (χ1) is 26.2. The molecule has 55 heavy (non-hydrogen) atoms. The number of carbonyl (C=O) groups excluding carboxylic acids is 4. The van der Waals surface area contributed by atoms with Gasteiger partial charge in [-0.3, -0.25) is 14.4 Å². The second kappa shape index (κ2) is 16.2. The van der Waals surface area contributed by atoms with Crippen molar-refractivity contribution in [3.8, 4) is 16.8 Å². The lowest BCUT2D eigenvalue weighted by molar-refractivity contribution is -0.121. The van der Waals surface area contributed by atoms with E-state index >= 15 is 0 Å². The maximum Gasteiger partial charge on any atom is 0.338 e. The number of rotatable bonds is 10. The highest BCUT2D eigenvalue weighted by atomic mass is 35.5. The van der Waals surface area contributed by atoms with Gasteiger partial charge < -0.3 is 25.2 Å². The first-order valence-corrected chi connectivity index (χ1v) is 18.0. The van der Waals surface area contributed by atoms with E-state index in [9.17, 15) is 23.6 Å². The maximum absolute atomic E-state index is 14.8. The number of likely N-dealkylation sites (N-methyl/N-ethyl adjacent to an activating group) is 1. The molecule has 0 saturated heterocycles. The lowest BCUT2D eigenvalue weighted by atomic mass is 9.85. The van der Waals surface area contributed by atoms with Crippen molar-refractivity contribution in [3.05, 3.63) is 130 Å². The molecule has 0 saturated carbocycles. The van der Waals surface area contributed by atoms with Gasteiger partial charge in [-0.15, -0.1) is 5.10 Å². The number of halogens is 2. The summed E-state index contributed by atoms with van der Waals surface area (Å²) >= 11 is 5.98. The van der Waals surface area contributed by atoms with E-state index < -0.39 is 35.2 Å². The Bertz CT molecular complexity index is 2230. The fraction of sp³-hybridized carbons (Fsp3) is 0.268. The van der Waals surface area contributed by atoms with E-state index in [4.69, 9.17) is 16.3 Å². The second-order valence-corrected chi connectivity index (χ2v) is 14.8. The van der Waals surface area contributed by atoms with Gasteiger partial charge in [0, 0.05) is 30.9 Å². The SMILES string of the molecule is CN(C)CCNC(=O)c1ccc(-c2cccc3c2CCN(C(=O)c2cn(-c4cccc(Cl)c4F)nn2)[C@@H]3C(=O)Nc2ccc(C(=O)OC(C)(C)C)cc2)cc1. The van der Waals surface area contributed by atoms with Crippen molar-refractivity contribution >= 4 is 41.0 Å². The smallest absolute Gasteiger partial charge is 0.338 e. The molecule has 2 heterocycles. The summed E-state index contributed by atoms with van der Waals surface area (Å²) < 4.78 is 21.4. The summed E-state index contributed by atoms with van der Waals surface area (Å²) in [6.07, 6.45) is 1.70. The normalized spacial score (nSPS) is 14.0. The second-order valence-electron chi connectivity index (χ2n) is 14.4. The molecule has 4 aromatic carbocycles. The summed E-state index contributed by atoms with van der Waals surface area (Å²) in [6, 6.07) is 22.4. The van der Waals surface area contributed by atoms with Crippen LogP contribution in [0.15, 0.2) is 91.1 Å². The Morgan fingerprint density at radius 1 is 0.945 bits per heavy atom. The number of anilines is 1.